The highest BCUT2D eigenvalue weighted by Crippen LogP contribution is 2.06. The van der Waals surface area contributed by atoms with E-state index in [2.05, 4.69) is 9.68 Å². The average Bonchev–Trinajstić information content (AvgIpc) is 1.98. The highest BCUT2D eigenvalue weighted by atomic mass is 19.2. The minimum Gasteiger partial charge on any atom is -0.320 e. The Morgan fingerprint density at radius 1 is 1.25 bits per heavy atom. The molecule has 0 fully saturated rings. The zero-order valence-corrected chi connectivity index (χ0v) is 3.49. The lowest BCUT2D eigenvalue weighted by atomic mass is 10.7. The van der Waals surface area contributed by atoms with Gasteiger partial charge in [-0.05, 0) is 5.16 Å². The Bertz CT molecular complexity index is 177. The van der Waals surface area contributed by atoms with E-state index in [0.717, 1.165) is 0 Å². The number of rotatable bonds is 0. The van der Waals surface area contributed by atoms with Crippen molar-refractivity contribution in [3.05, 3.63) is 17.8 Å². The minimum absolute atomic E-state index is 1.55. The third kappa shape index (κ3) is 0.556. The molecule has 1 aromatic rings. The second kappa shape index (κ2) is 1.50. The van der Waals surface area contributed by atoms with Crippen molar-refractivity contribution in [2.45, 2.75) is 0 Å². The third-order valence-corrected chi connectivity index (χ3v) is 0.560. The molecule has 8 heavy (non-hydrogen) atoms. The maximum atomic E-state index is 11.6. The largest absolute Gasteiger partial charge is 0.344 e. The summed E-state index contributed by atoms with van der Waals surface area (Å²) < 4.78 is 38.0. The average molecular weight is 123 g/mol. The summed E-state index contributed by atoms with van der Waals surface area (Å²) >= 11 is 0. The van der Waals surface area contributed by atoms with Crippen LogP contribution in [-0.2, 0) is 0 Å². The van der Waals surface area contributed by atoms with Crippen LogP contribution in [0.15, 0.2) is 4.52 Å². The van der Waals surface area contributed by atoms with Crippen LogP contribution >= 0.6 is 0 Å². The normalized spacial score (nSPS) is 9.88. The standard InChI is InChI=1S/C3F3NO/c4-1-2(5)7-8-3(1)6. The third-order valence-electron chi connectivity index (χ3n) is 0.560. The van der Waals surface area contributed by atoms with Crippen molar-refractivity contribution >= 4 is 0 Å². The van der Waals surface area contributed by atoms with Gasteiger partial charge < -0.3 is 4.52 Å². The van der Waals surface area contributed by atoms with E-state index in [-0.39, 0.29) is 0 Å². The Morgan fingerprint density at radius 3 is 2.00 bits per heavy atom. The Kier molecular flexibility index (Phi) is 0.964. The predicted molar refractivity (Wildman–Crippen MR) is 16.4 cm³/mol. The van der Waals surface area contributed by atoms with E-state index >= 15 is 0 Å². The van der Waals surface area contributed by atoms with Crippen LogP contribution in [0.4, 0.5) is 13.2 Å². The fraction of sp³-hybridized carbons (Fsp3) is 0. The van der Waals surface area contributed by atoms with Gasteiger partial charge in [0.05, 0.1) is 0 Å². The van der Waals surface area contributed by atoms with Crippen molar-refractivity contribution < 1.29 is 17.7 Å². The van der Waals surface area contributed by atoms with Gasteiger partial charge in [-0.25, -0.2) is 0 Å². The summed E-state index contributed by atoms with van der Waals surface area (Å²) in [6.45, 7) is 0. The smallest absolute Gasteiger partial charge is 0.320 e. The van der Waals surface area contributed by atoms with Crippen molar-refractivity contribution in [3.8, 4) is 0 Å². The highest BCUT2D eigenvalue weighted by molar-refractivity contribution is 4.84. The van der Waals surface area contributed by atoms with Crippen LogP contribution in [0.1, 0.15) is 0 Å². The van der Waals surface area contributed by atoms with Crippen molar-refractivity contribution in [3.63, 3.8) is 0 Å². The quantitative estimate of drug-likeness (QED) is 0.516. The molecule has 0 saturated heterocycles. The van der Waals surface area contributed by atoms with Crippen LogP contribution in [0.3, 0.4) is 0 Å². The molecule has 0 amide bonds. The van der Waals surface area contributed by atoms with E-state index in [9.17, 15) is 13.2 Å². The van der Waals surface area contributed by atoms with Crippen LogP contribution in [0.5, 0.6) is 0 Å². The van der Waals surface area contributed by atoms with Crippen LogP contribution in [-0.4, -0.2) is 5.16 Å². The summed E-state index contributed by atoms with van der Waals surface area (Å²) in [5.41, 5.74) is 0. The summed E-state index contributed by atoms with van der Waals surface area (Å²) in [6, 6.07) is -1.62. The molecular formula is C3F3NO. The zero-order chi connectivity index (χ0) is 6.15. The van der Waals surface area contributed by atoms with Crippen LogP contribution < -0.4 is 0 Å². The maximum Gasteiger partial charge on any atom is 0.344 e. The lowest BCUT2D eigenvalue weighted by Crippen LogP contribution is -1.76. The summed E-state index contributed by atoms with van der Waals surface area (Å²) in [4.78, 5) is 0. The molecule has 0 atom stereocenters. The van der Waals surface area contributed by atoms with E-state index in [1.165, 1.54) is 0 Å². The van der Waals surface area contributed by atoms with Crippen molar-refractivity contribution in [1.29, 1.82) is 0 Å². The monoisotopic (exact) mass is 123 g/mol. The summed E-state index contributed by atoms with van der Waals surface area (Å²) in [7, 11) is 0. The number of aromatic nitrogens is 1. The molecule has 2 nitrogen and oxygen atoms in total. The van der Waals surface area contributed by atoms with Crippen molar-refractivity contribution in [2.75, 3.05) is 0 Å². The SMILES string of the molecule is Fc1noc(F)c1F. The minimum atomic E-state index is -1.68. The van der Waals surface area contributed by atoms with Gasteiger partial charge in [0.15, 0.2) is 0 Å². The molecule has 0 saturated carbocycles. The molecule has 1 rings (SSSR count). The molecule has 0 aliphatic heterocycles. The molecule has 44 valence electrons. The van der Waals surface area contributed by atoms with Crippen molar-refractivity contribution in [1.82, 2.24) is 5.16 Å². The number of nitrogens with zero attached hydrogens (tertiary/aromatic N) is 1. The highest BCUT2D eigenvalue weighted by Gasteiger charge is 2.13. The van der Waals surface area contributed by atoms with Gasteiger partial charge in [0.1, 0.15) is 0 Å². The molecule has 5 heteroatoms. The summed E-state index contributed by atoms with van der Waals surface area (Å²) in [6.07, 6.45) is 0. The van der Waals surface area contributed by atoms with Gasteiger partial charge in [-0.15, -0.1) is 0 Å². The summed E-state index contributed by atoms with van der Waals surface area (Å²) in [5.74, 6) is -3.23. The first-order chi connectivity index (χ1) is 3.72. The van der Waals surface area contributed by atoms with Crippen LogP contribution in [0.25, 0.3) is 0 Å². The molecule has 0 spiro atoms. The number of halogens is 3. The molecule has 0 bridgehead atoms. The van der Waals surface area contributed by atoms with Gasteiger partial charge in [-0.1, -0.05) is 0 Å². The van der Waals surface area contributed by atoms with Gasteiger partial charge in [-0.2, -0.15) is 13.2 Å². The van der Waals surface area contributed by atoms with Gasteiger partial charge >= 0.3 is 6.01 Å². The second-order valence-electron chi connectivity index (χ2n) is 1.06. The molecule has 1 aromatic heterocycles. The predicted octanol–water partition coefficient (Wildman–Crippen LogP) is 1.09. The van der Waals surface area contributed by atoms with Gasteiger partial charge in [0, 0.05) is 0 Å². The molecule has 0 N–H and O–H groups in total. The molecular weight excluding hydrogens is 123 g/mol. The maximum absolute atomic E-state index is 11.6. The molecule has 0 radical (unpaired) electrons. The Labute approximate surface area is 41.9 Å². The van der Waals surface area contributed by atoms with E-state index in [0.29, 0.717) is 0 Å². The Balaban J connectivity index is 3.19. The number of hydrogen-bond donors (Lipinski definition) is 0. The number of hydrogen-bond acceptors (Lipinski definition) is 2. The topological polar surface area (TPSA) is 26.0 Å². The molecule has 1 heterocycles. The van der Waals surface area contributed by atoms with Crippen molar-refractivity contribution in [2.24, 2.45) is 0 Å². The van der Waals surface area contributed by atoms with E-state index in [1.807, 2.05) is 0 Å². The Morgan fingerprint density at radius 2 is 1.88 bits per heavy atom. The fourth-order valence-electron chi connectivity index (χ4n) is 0.241. The van der Waals surface area contributed by atoms with Gasteiger partial charge in [0.2, 0.25) is 0 Å². The first kappa shape index (κ1) is 5.14. The molecule has 0 aliphatic carbocycles. The first-order valence-corrected chi connectivity index (χ1v) is 1.68. The summed E-state index contributed by atoms with van der Waals surface area (Å²) in [5, 5.41) is 2.32. The van der Waals surface area contributed by atoms with E-state index in [4.69, 9.17) is 0 Å². The van der Waals surface area contributed by atoms with Crippen LogP contribution in [0.2, 0.25) is 0 Å². The zero-order valence-electron chi connectivity index (χ0n) is 3.49. The lowest BCUT2D eigenvalue weighted by Gasteiger charge is -1.68. The fourth-order valence-corrected chi connectivity index (χ4v) is 0.241. The lowest BCUT2D eigenvalue weighted by molar-refractivity contribution is 0.260. The van der Waals surface area contributed by atoms with Gasteiger partial charge in [0.25, 0.3) is 11.8 Å². The van der Waals surface area contributed by atoms with E-state index < -0.39 is 17.8 Å². The molecule has 0 aliphatic rings. The molecule has 0 unspecified atom stereocenters. The first-order valence-electron chi connectivity index (χ1n) is 1.68. The van der Waals surface area contributed by atoms with Crippen LogP contribution in [0, 0.1) is 17.8 Å². The Hall–Kier alpha value is -1.00. The second-order valence-corrected chi connectivity index (χ2v) is 1.06. The van der Waals surface area contributed by atoms with Gasteiger partial charge in [-0.3, -0.25) is 0 Å². The molecule has 0 aromatic carbocycles. The van der Waals surface area contributed by atoms with E-state index in [1.54, 1.807) is 0 Å².